The molecule has 0 spiro atoms. The van der Waals surface area contributed by atoms with Gasteiger partial charge in [0, 0.05) is 6.42 Å². The monoisotopic (exact) mass is 425 g/mol. The van der Waals surface area contributed by atoms with Gasteiger partial charge >= 0.3 is 12.1 Å². The van der Waals surface area contributed by atoms with E-state index in [1.54, 1.807) is 12.0 Å². The van der Waals surface area contributed by atoms with Crippen LogP contribution in [-0.2, 0) is 19.0 Å². The maximum Gasteiger partial charge on any atom is 0.410 e. The highest BCUT2D eigenvalue weighted by Gasteiger charge is 2.50. The van der Waals surface area contributed by atoms with Crippen LogP contribution in [0.2, 0.25) is 0 Å². The van der Waals surface area contributed by atoms with Crippen LogP contribution in [0.1, 0.15) is 37.7 Å². The summed E-state index contributed by atoms with van der Waals surface area (Å²) < 4.78 is 22.5. The highest BCUT2D eigenvalue weighted by Crippen LogP contribution is 2.38. The third kappa shape index (κ3) is 3.71. The van der Waals surface area contributed by atoms with E-state index in [-0.39, 0.29) is 36.4 Å². The molecule has 2 bridgehead atoms. The minimum atomic E-state index is -0.418. The van der Waals surface area contributed by atoms with Gasteiger partial charge in [0.25, 0.3) is 0 Å². The van der Waals surface area contributed by atoms with Gasteiger partial charge in [-0.05, 0) is 48.2 Å². The van der Waals surface area contributed by atoms with Crippen LogP contribution in [0.15, 0.2) is 36.4 Å². The van der Waals surface area contributed by atoms with Crippen molar-refractivity contribution in [2.24, 2.45) is 0 Å². The van der Waals surface area contributed by atoms with Gasteiger partial charge < -0.3 is 18.9 Å². The molecule has 3 fully saturated rings. The molecule has 3 saturated heterocycles. The summed E-state index contributed by atoms with van der Waals surface area (Å²) in [5.74, 6) is 0.100. The fraction of sp³-hybridized carbons (Fsp3) is 0.500. The van der Waals surface area contributed by atoms with Gasteiger partial charge in [-0.2, -0.15) is 0 Å². The Morgan fingerprint density at radius 2 is 1.97 bits per heavy atom. The molecule has 164 valence electrons. The molecule has 5 rings (SSSR count). The highest BCUT2D eigenvalue weighted by atomic mass is 16.6. The molecule has 7 nitrogen and oxygen atoms in total. The molecule has 2 aromatic carbocycles. The SMILES string of the molecule is COc1ccc2cc([C@H](C)C(=O)O[C@@H]3C[C@@H]4CC[C@@H](O4)[C@@H]3N3CCOC3=O)ccc2c1. The summed E-state index contributed by atoms with van der Waals surface area (Å²) in [6.07, 6.45) is 1.67. The molecule has 0 unspecified atom stereocenters. The minimum Gasteiger partial charge on any atom is -0.497 e. The number of hydrogen-bond acceptors (Lipinski definition) is 6. The van der Waals surface area contributed by atoms with E-state index < -0.39 is 5.92 Å². The normalized spacial score (nSPS) is 28.5. The molecule has 2 aromatic rings. The molecule has 0 aliphatic carbocycles. The number of hydrogen-bond donors (Lipinski definition) is 0. The average molecular weight is 425 g/mol. The van der Waals surface area contributed by atoms with Crippen LogP contribution in [0, 0.1) is 0 Å². The molecule has 1 amide bonds. The van der Waals surface area contributed by atoms with E-state index in [0.29, 0.717) is 19.6 Å². The van der Waals surface area contributed by atoms with Crippen molar-refractivity contribution in [2.45, 2.75) is 56.5 Å². The van der Waals surface area contributed by atoms with Crippen molar-refractivity contribution in [3.8, 4) is 5.75 Å². The van der Waals surface area contributed by atoms with E-state index in [1.165, 1.54) is 0 Å². The molecule has 0 radical (unpaired) electrons. The lowest BCUT2D eigenvalue weighted by atomic mass is 9.96. The molecule has 7 heteroatoms. The van der Waals surface area contributed by atoms with Gasteiger partial charge in [-0.3, -0.25) is 9.69 Å². The Balaban J connectivity index is 1.34. The number of esters is 1. The van der Waals surface area contributed by atoms with Crippen molar-refractivity contribution in [3.05, 3.63) is 42.0 Å². The van der Waals surface area contributed by atoms with Crippen LogP contribution in [0.4, 0.5) is 4.79 Å². The molecule has 3 aliphatic heterocycles. The predicted octanol–water partition coefficient (Wildman–Crippen LogP) is 3.64. The van der Waals surface area contributed by atoms with E-state index in [4.69, 9.17) is 18.9 Å². The van der Waals surface area contributed by atoms with Crippen molar-refractivity contribution < 1.29 is 28.5 Å². The first-order chi connectivity index (χ1) is 15.0. The van der Waals surface area contributed by atoms with Crippen LogP contribution in [0.5, 0.6) is 5.75 Å². The summed E-state index contributed by atoms with van der Waals surface area (Å²) in [4.78, 5) is 27.0. The standard InChI is InChI=1S/C24H27NO6/c1-14(15-3-4-17-12-18(28-2)6-5-16(17)11-15)23(26)31-21-13-19-7-8-20(30-19)22(21)25-9-10-29-24(25)27/h3-6,11-12,14,19-22H,7-10,13H2,1-2H3/t14-,19-,20+,21+,22-/m0/s1. The summed E-state index contributed by atoms with van der Waals surface area (Å²) in [6, 6.07) is 11.6. The number of carbonyl (C=O) groups is 2. The third-order valence-electron chi connectivity index (χ3n) is 6.74. The first kappa shape index (κ1) is 20.1. The Kier molecular flexibility index (Phi) is 5.22. The Morgan fingerprint density at radius 3 is 2.74 bits per heavy atom. The second-order valence-corrected chi connectivity index (χ2v) is 8.58. The first-order valence-electron chi connectivity index (χ1n) is 10.9. The topological polar surface area (TPSA) is 74.3 Å². The molecule has 0 N–H and O–H groups in total. The smallest absolute Gasteiger partial charge is 0.410 e. The minimum absolute atomic E-state index is 0.0867. The van der Waals surface area contributed by atoms with Crippen LogP contribution in [0.25, 0.3) is 10.8 Å². The predicted molar refractivity (Wildman–Crippen MR) is 113 cm³/mol. The van der Waals surface area contributed by atoms with E-state index in [0.717, 1.165) is 34.9 Å². The Hall–Kier alpha value is -2.80. The first-order valence-corrected chi connectivity index (χ1v) is 10.9. The number of fused-ring (bicyclic) bond motifs is 3. The average Bonchev–Trinajstić information content (AvgIpc) is 3.38. The molecular formula is C24H27NO6. The number of benzene rings is 2. The molecular weight excluding hydrogens is 398 g/mol. The number of carbonyl (C=O) groups excluding carboxylic acids is 2. The lowest BCUT2D eigenvalue weighted by molar-refractivity contribution is -0.167. The van der Waals surface area contributed by atoms with E-state index >= 15 is 0 Å². The molecule has 31 heavy (non-hydrogen) atoms. The summed E-state index contributed by atoms with van der Waals surface area (Å²) >= 11 is 0. The lowest BCUT2D eigenvalue weighted by Crippen LogP contribution is -2.56. The van der Waals surface area contributed by atoms with Gasteiger partial charge in [0.15, 0.2) is 0 Å². The quantitative estimate of drug-likeness (QED) is 0.681. The number of rotatable bonds is 5. The van der Waals surface area contributed by atoms with Gasteiger partial charge in [0.05, 0.1) is 37.8 Å². The molecule has 3 aliphatic rings. The second kappa shape index (κ2) is 8.04. The molecule has 5 atom stereocenters. The van der Waals surface area contributed by atoms with Crippen molar-refractivity contribution in [3.63, 3.8) is 0 Å². The third-order valence-corrected chi connectivity index (χ3v) is 6.74. The fourth-order valence-electron chi connectivity index (χ4n) is 5.02. The van der Waals surface area contributed by atoms with E-state index in [1.807, 2.05) is 43.3 Å². The molecule has 3 heterocycles. The van der Waals surface area contributed by atoms with E-state index in [2.05, 4.69) is 0 Å². The zero-order chi connectivity index (χ0) is 21.5. The number of amides is 1. The second-order valence-electron chi connectivity index (χ2n) is 8.58. The largest absolute Gasteiger partial charge is 0.497 e. The van der Waals surface area contributed by atoms with Crippen LogP contribution < -0.4 is 4.74 Å². The maximum atomic E-state index is 13.1. The Bertz CT molecular complexity index is 1010. The number of methoxy groups -OCH3 is 1. The number of nitrogens with zero attached hydrogens (tertiary/aromatic N) is 1. The van der Waals surface area contributed by atoms with Gasteiger partial charge in [-0.25, -0.2) is 4.79 Å². The van der Waals surface area contributed by atoms with Gasteiger partial charge in [0.1, 0.15) is 18.5 Å². The summed E-state index contributed by atoms with van der Waals surface area (Å²) in [7, 11) is 1.64. The number of cyclic esters (lactones) is 1. The lowest BCUT2D eigenvalue weighted by Gasteiger charge is -2.40. The van der Waals surface area contributed by atoms with Gasteiger partial charge in [-0.1, -0.05) is 24.3 Å². The Morgan fingerprint density at radius 1 is 1.16 bits per heavy atom. The van der Waals surface area contributed by atoms with Crippen LogP contribution in [-0.4, -0.2) is 61.6 Å². The van der Waals surface area contributed by atoms with E-state index in [9.17, 15) is 9.59 Å². The van der Waals surface area contributed by atoms with Crippen LogP contribution >= 0.6 is 0 Å². The van der Waals surface area contributed by atoms with Gasteiger partial charge in [0.2, 0.25) is 0 Å². The Labute approximate surface area is 181 Å². The molecule has 0 aromatic heterocycles. The summed E-state index contributed by atoms with van der Waals surface area (Å²) in [5.41, 5.74) is 0.898. The highest BCUT2D eigenvalue weighted by molar-refractivity contribution is 5.87. The molecule has 0 saturated carbocycles. The fourth-order valence-corrected chi connectivity index (χ4v) is 5.02. The zero-order valence-corrected chi connectivity index (χ0v) is 17.8. The van der Waals surface area contributed by atoms with Crippen molar-refractivity contribution >= 4 is 22.8 Å². The zero-order valence-electron chi connectivity index (χ0n) is 17.8. The van der Waals surface area contributed by atoms with Crippen molar-refractivity contribution in [2.75, 3.05) is 20.3 Å². The summed E-state index contributed by atoms with van der Waals surface area (Å²) in [5, 5.41) is 2.09. The van der Waals surface area contributed by atoms with Crippen LogP contribution in [0.3, 0.4) is 0 Å². The summed E-state index contributed by atoms with van der Waals surface area (Å²) in [6.45, 7) is 2.73. The van der Waals surface area contributed by atoms with Gasteiger partial charge in [-0.15, -0.1) is 0 Å². The maximum absolute atomic E-state index is 13.1. The number of ether oxygens (including phenoxy) is 4. The van der Waals surface area contributed by atoms with Crippen molar-refractivity contribution in [1.82, 2.24) is 4.90 Å². The van der Waals surface area contributed by atoms with Crippen molar-refractivity contribution in [1.29, 1.82) is 0 Å².